The van der Waals surface area contributed by atoms with Crippen molar-refractivity contribution >= 4 is 21.4 Å². The Hall–Kier alpha value is -2.58. The molecule has 0 spiro atoms. The molecule has 0 aromatic heterocycles. The minimum absolute atomic E-state index is 0.0906. The monoisotopic (exact) mass is 392 g/mol. The van der Waals surface area contributed by atoms with E-state index in [-0.39, 0.29) is 23.0 Å². The Labute approximate surface area is 159 Å². The summed E-state index contributed by atoms with van der Waals surface area (Å²) in [5.74, 6) is 1.05. The van der Waals surface area contributed by atoms with Crippen molar-refractivity contribution < 1.29 is 22.7 Å². The fourth-order valence-corrected chi connectivity index (χ4v) is 3.50. The number of carbonyl (C=O) groups excluding carboxylic acids is 1. The van der Waals surface area contributed by atoms with Gasteiger partial charge in [0.2, 0.25) is 5.91 Å². The van der Waals surface area contributed by atoms with Crippen LogP contribution in [-0.4, -0.2) is 53.3 Å². The van der Waals surface area contributed by atoms with Crippen LogP contribution in [0.2, 0.25) is 0 Å². The Balaban J connectivity index is 2.05. The van der Waals surface area contributed by atoms with Gasteiger partial charge in [-0.3, -0.25) is 9.69 Å². The van der Waals surface area contributed by atoms with Gasteiger partial charge in [0.15, 0.2) is 9.84 Å². The highest BCUT2D eigenvalue weighted by Crippen LogP contribution is 2.25. The largest absolute Gasteiger partial charge is 0.497 e. The topological polar surface area (TPSA) is 84.9 Å². The maximum atomic E-state index is 12.3. The number of nitrogens with one attached hydrogen (secondary N) is 1. The van der Waals surface area contributed by atoms with E-state index < -0.39 is 9.84 Å². The average Bonchev–Trinajstić information content (AvgIpc) is 2.61. The van der Waals surface area contributed by atoms with E-state index >= 15 is 0 Å². The summed E-state index contributed by atoms with van der Waals surface area (Å²) in [5, 5.41) is 2.67. The Morgan fingerprint density at radius 2 is 1.81 bits per heavy atom. The van der Waals surface area contributed by atoms with Crippen LogP contribution in [0.15, 0.2) is 47.4 Å². The Morgan fingerprint density at radius 1 is 1.11 bits per heavy atom. The molecule has 27 heavy (non-hydrogen) atoms. The quantitative estimate of drug-likeness (QED) is 0.741. The number of nitrogens with zero attached hydrogens (tertiary/aromatic N) is 1. The van der Waals surface area contributed by atoms with Crippen LogP contribution in [0.4, 0.5) is 5.69 Å². The number of methoxy groups -OCH3 is 2. The van der Waals surface area contributed by atoms with Gasteiger partial charge in [-0.25, -0.2) is 8.42 Å². The molecular formula is C19H24N2O5S. The maximum Gasteiger partial charge on any atom is 0.238 e. The van der Waals surface area contributed by atoms with E-state index in [1.165, 1.54) is 6.07 Å². The third-order valence-electron chi connectivity index (χ3n) is 3.91. The lowest BCUT2D eigenvalue weighted by molar-refractivity contribution is -0.117. The lowest BCUT2D eigenvalue weighted by atomic mass is 10.2. The summed E-state index contributed by atoms with van der Waals surface area (Å²) >= 11 is 0. The van der Waals surface area contributed by atoms with Crippen LogP contribution in [0.1, 0.15) is 5.56 Å². The van der Waals surface area contributed by atoms with Gasteiger partial charge in [-0.2, -0.15) is 0 Å². The molecule has 0 radical (unpaired) electrons. The molecule has 0 aliphatic heterocycles. The number of para-hydroxylation sites is 1. The number of sulfone groups is 1. The first-order chi connectivity index (χ1) is 12.7. The zero-order chi connectivity index (χ0) is 20.0. The van der Waals surface area contributed by atoms with E-state index in [0.717, 1.165) is 11.8 Å². The highest BCUT2D eigenvalue weighted by Gasteiger charge is 2.16. The predicted molar refractivity (Wildman–Crippen MR) is 104 cm³/mol. The molecule has 0 bridgehead atoms. The zero-order valence-corrected chi connectivity index (χ0v) is 16.7. The Kier molecular flexibility index (Phi) is 6.81. The van der Waals surface area contributed by atoms with Crippen LogP contribution in [0.3, 0.4) is 0 Å². The molecule has 2 rings (SSSR count). The van der Waals surface area contributed by atoms with Crippen molar-refractivity contribution in [2.45, 2.75) is 11.4 Å². The number of ether oxygens (including phenoxy) is 2. The molecule has 7 nitrogen and oxygen atoms in total. The molecule has 0 aliphatic rings. The average molecular weight is 392 g/mol. The van der Waals surface area contributed by atoms with Crippen molar-refractivity contribution in [3.63, 3.8) is 0 Å². The second-order valence-corrected chi connectivity index (χ2v) is 8.15. The molecule has 0 atom stereocenters. The van der Waals surface area contributed by atoms with E-state index in [9.17, 15) is 13.2 Å². The highest BCUT2D eigenvalue weighted by atomic mass is 32.2. The third kappa shape index (κ3) is 5.70. The van der Waals surface area contributed by atoms with Crippen LogP contribution < -0.4 is 14.8 Å². The first kappa shape index (κ1) is 20.7. The molecule has 146 valence electrons. The summed E-state index contributed by atoms with van der Waals surface area (Å²) in [7, 11) is 1.53. The summed E-state index contributed by atoms with van der Waals surface area (Å²) in [6.07, 6.45) is 1.11. The normalized spacial score (nSPS) is 11.3. The van der Waals surface area contributed by atoms with Gasteiger partial charge in [-0.1, -0.05) is 18.2 Å². The predicted octanol–water partition coefficient (Wildman–Crippen LogP) is 2.18. The molecule has 2 aromatic carbocycles. The van der Waals surface area contributed by atoms with Gasteiger partial charge >= 0.3 is 0 Å². The molecule has 0 unspecified atom stereocenters. The van der Waals surface area contributed by atoms with Gasteiger partial charge in [0.05, 0.1) is 31.3 Å². The first-order valence-corrected chi connectivity index (χ1v) is 10.1. The molecule has 8 heteroatoms. The van der Waals surface area contributed by atoms with Gasteiger partial charge in [0.25, 0.3) is 0 Å². The molecule has 0 heterocycles. The van der Waals surface area contributed by atoms with Crippen molar-refractivity contribution in [1.82, 2.24) is 4.90 Å². The van der Waals surface area contributed by atoms with Gasteiger partial charge in [0.1, 0.15) is 11.5 Å². The number of rotatable bonds is 8. The van der Waals surface area contributed by atoms with Gasteiger partial charge in [-0.05, 0) is 25.2 Å². The van der Waals surface area contributed by atoms with E-state index in [1.54, 1.807) is 45.5 Å². The van der Waals surface area contributed by atoms with Gasteiger partial charge in [-0.15, -0.1) is 0 Å². The van der Waals surface area contributed by atoms with Crippen molar-refractivity contribution in [1.29, 1.82) is 0 Å². The first-order valence-electron chi connectivity index (χ1n) is 8.23. The molecule has 0 aliphatic carbocycles. The number of carbonyl (C=O) groups is 1. The Bertz CT molecular complexity index is 912. The second kappa shape index (κ2) is 8.88. The number of hydrogen-bond donors (Lipinski definition) is 1. The molecule has 1 amide bonds. The van der Waals surface area contributed by atoms with Crippen molar-refractivity contribution in [2.75, 3.05) is 39.4 Å². The fourth-order valence-electron chi connectivity index (χ4n) is 2.66. The van der Waals surface area contributed by atoms with Crippen LogP contribution in [0.5, 0.6) is 11.5 Å². The van der Waals surface area contributed by atoms with E-state index in [1.807, 2.05) is 17.0 Å². The summed E-state index contributed by atoms with van der Waals surface area (Å²) in [4.78, 5) is 14.3. The second-order valence-electron chi connectivity index (χ2n) is 6.17. The van der Waals surface area contributed by atoms with E-state index in [4.69, 9.17) is 9.47 Å². The number of benzene rings is 2. The molecule has 1 N–H and O–H groups in total. The SMILES string of the molecule is COc1ccc(CN(C)CC(=O)Nc2ccccc2S(C)(=O)=O)c(OC)c1. The fraction of sp³-hybridized carbons (Fsp3) is 0.316. The van der Waals surface area contributed by atoms with E-state index in [0.29, 0.717) is 18.0 Å². The number of anilines is 1. The molecular weight excluding hydrogens is 368 g/mol. The zero-order valence-electron chi connectivity index (χ0n) is 15.9. The van der Waals surface area contributed by atoms with Gasteiger partial charge in [0, 0.05) is 24.4 Å². The summed E-state index contributed by atoms with van der Waals surface area (Å²) in [5.41, 5.74) is 1.19. The van der Waals surface area contributed by atoms with Crippen LogP contribution >= 0.6 is 0 Å². The maximum absolute atomic E-state index is 12.3. The van der Waals surface area contributed by atoms with Crippen molar-refractivity contribution in [3.05, 3.63) is 48.0 Å². The van der Waals surface area contributed by atoms with E-state index in [2.05, 4.69) is 5.32 Å². The Morgan fingerprint density at radius 3 is 2.44 bits per heavy atom. The standard InChI is InChI=1S/C19H24N2O5S/c1-21(12-14-9-10-15(25-2)11-17(14)26-3)13-19(22)20-16-7-5-6-8-18(16)27(4,23)24/h5-11H,12-13H2,1-4H3,(H,20,22). The van der Waals surface area contributed by atoms with Crippen LogP contribution in [0.25, 0.3) is 0 Å². The van der Waals surface area contributed by atoms with Gasteiger partial charge < -0.3 is 14.8 Å². The minimum atomic E-state index is -3.43. The molecule has 0 fully saturated rings. The summed E-state index contributed by atoms with van der Waals surface area (Å²) in [6.45, 7) is 0.571. The smallest absolute Gasteiger partial charge is 0.238 e. The molecule has 0 saturated carbocycles. The van der Waals surface area contributed by atoms with Crippen LogP contribution in [0, 0.1) is 0 Å². The van der Waals surface area contributed by atoms with Crippen LogP contribution in [-0.2, 0) is 21.2 Å². The highest BCUT2D eigenvalue weighted by molar-refractivity contribution is 7.90. The lowest BCUT2D eigenvalue weighted by Gasteiger charge is -2.19. The van der Waals surface area contributed by atoms with Crippen molar-refractivity contribution in [3.8, 4) is 11.5 Å². The number of likely N-dealkylation sites (N-methyl/N-ethyl adjacent to an activating group) is 1. The van der Waals surface area contributed by atoms with Crippen molar-refractivity contribution in [2.24, 2.45) is 0 Å². The molecule has 0 saturated heterocycles. The summed E-state index contributed by atoms with van der Waals surface area (Å²) in [6, 6.07) is 11.8. The minimum Gasteiger partial charge on any atom is -0.497 e. The number of amides is 1. The summed E-state index contributed by atoms with van der Waals surface area (Å²) < 4.78 is 34.2. The lowest BCUT2D eigenvalue weighted by Crippen LogP contribution is -2.30. The molecule has 2 aromatic rings. The third-order valence-corrected chi connectivity index (χ3v) is 5.06. The number of hydrogen-bond acceptors (Lipinski definition) is 6.